The molecule has 120 valence electrons. The average Bonchev–Trinajstić information content (AvgIpc) is 2.54. The van der Waals surface area contributed by atoms with Gasteiger partial charge in [0.2, 0.25) is 0 Å². The van der Waals surface area contributed by atoms with E-state index in [1.165, 1.54) is 12.8 Å². The summed E-state index contributed by atoms with van der Waals surface area (Å²) in [5.41, 5.74) is 0.468. The minimum Gasteiger partial charge on any atom is -0.484 e. The predicted octanol–water partition coefficient (Wildman–Crippen LogP) is 2.71. The number of benzene rings is 1. The molecule has 22 heavy (non-hydrogen) atoms. The molecule has 1 aromatic carbocycles. The third kappa shape index (κ3) is 3.73. The number of ether oxygens (including phenoxy) is 1. The van der Waals surface area contributed by atoms with Crippen molar-refractivity contribution in [3.8, 4) is 5.75 Å². The fourth-order valence-corrected chi connectivity index (χ4v) is 3.66. The van der Waals surface area contributed by atoms with E-state index in [4.69, 9.17) is 16.3 Å². The fourth-order valence-electron chi connectivity index (χ4n) is 3.48. The Bertz CT molecular complexity index is 519. The molecule has 1 N–H and O–H groups in total. The molecule has 0 aliphatic carbocycles. The van der Waals surface area contributed by atoms with Crippen LogP contribution < -0.4 is 10.1 Å². The molecule has 0 unspecified atom stereocenters. The van der Waals surface area contributed by atoms with Gasteiger partial charge >= 0.3 is 0 Å². The number of likely N-dealkylation sites (tertiary alicyclic amines) is 1. The van der Waals surface area contributed by atoms with Gasteiger partial charge in [-0.2, -0.15) is 0 Å². The predicted molar refractivity (Wildman–Crippen MR) is 87.3 cm³/mol. The zero-order valence-corrected chi connectivity index (χ0v) is 13.6. The minimum absolute atomic E-state index is 0.0729. The molecule has 0 atom stereocenters. The molecule has 2 aliphatic heterocycles. The Morgan fingerprint density at radius 3 is 2.64 bits per heavy atom. The normalized spacial score (nSPS) is 20.9. The molecule has 2 aliphatic rings. The summed E-state index contributed by atoms with van der Waals surface area (Å²) in [7, 11) is 0. The highest BCUT2D eigenvalue weighted by atomic mass is 35.5. The molecule has 2 heterocycles. The SMILES string of the molecule is O=C(COc1cccc(Cl)c1)N1CCC2(CCNCC2)CC1. The number of halogens is 1. The molecule has 0 aromatic heterocycles. The van der Waals surface area contributed by atoms with Crippen molar-refractivity contribution < 1.29 is 9.53 Å². The van der Waals surface area contributed by atoms with Crippen LogP contribution in [-0.2, 0) is 4.79 Å². The Morgan fingerprint density at radius 2 is 1.95 bits per heavy atom. The third-order valence-electron chi connectivity index (χ3n) is 5.00. The van der Waals surface area contributed by atoms with Gasteiger partial charge < -0.3 is 15.0 Å². The lowest BCUT2D eigenvalue weighted by Crippen LogP contribution is -2.48. The zero-order chi connectivity index (χ0) is 15.4. The molecule has 1 aromatic rings. The smallest absolute Gasteiger partial charge is 0.260 e. The number of amides is 1. The van der Waals surface area contributed by atoms with Gasteiger partial charge in [-0.15, -0.1) is 0 Å². The fraction of sp³-hybridized carbons (Fsp3) is 0.588. The highest BCUT2D eigenvalue weighted by Gasteiger charge is 2.36. The van der Waals surface area contributed by atoms with Crippen LogP contribution in [0.2, 0.25) is 5.02 Å². The van der Waals surface area contributed by atoms with Crippen molar-refractivity contribution in [2.75, 3.05) is 32.8 Å². The van der Waals surface area contributed by atoms with Crippen LogP contribution in [0.1, 0.15) is 25.7 Å². The van der Waals surface area contributed by atoms with Crippen LogP contribution in [0.5, 0.6) is 5.75 Å². The van der Waals surface area contributed by atoms with E-state index in [2.05, 4.69) is 5.32 Å². The summed E-state index contributed by atoms with van der Waals surface area (Å²) in [6, 6.07) is 7.16. The van der Waals surface area contributed by atoms with E-state index < -0.39 is 0 Å². The van der Waals surface area contributed by atoms with E-state index in [1.54, 1.807) is 12.1 Å². The van der Waals surface area contributed by atoms with Gasteiger partial charge in [0.25, 0.3) is 5.91 Å². The Morgan fingerprint density at radius 1 is 1.23 bits per heavy atom. The van der Waals surface area contributed by atoms with Gasteiger partial charge in [0.1, 0.15) is 5.75 Å². The lowest BCUT2D eigenvalue weighted by molar-refractivity contribution is -0.136. The Balaban J connectivity index is 1.47. The lowest BCUT2D eigenvalue weighted by atomic mass is 9.71. The van der Waals surface area contributed by atoms with Crippen molar-refractivity contribution in [1.82, 2.24) is 10.2 Å². The second-order valence-corrected chi connectivity index (χ2v) is 6.81. The van der Waals surface area contributed by atoms with E-state index in [1.807, 2.05) is 17.0 Å². The largest absolute Gasteiger partial charge is 0.484 e. The number of piperidine rings is 2. The standard InChI is InChI=1S/C17H23ClN2O2/c18-14-2-1-3-15(12-14)22-13-16(21)20-10-6-17(7-11-20)4-8-19-9-5-17/h1-3,12,19H,4-11,13H2. The molecular formula is C17H23ClN2O2. The van der Waals surface area contributed by atoms with Crippen molar-refractivity contribution in [3.63, 3.8) is 0 Å². The first kappa shape index (κ1) is 15.6. The second kappa shape index (κ2) is 6.88. The summed E-state index contributed by atoms with van der Waals surface area (Å²) in [5.74, 6) is 0.719. The van der Waals surface area contributed by atoms with Crippen molar-refractivity contribution in [2.45, 2.75) is 25.7 Å². The summed E-state index contributed by atoms with van der Waals surface area (Å²) in [6.07, 6.45) is 4.73. The van der Waals surface area contributed by atoms with Crippen molar-refractivity contribution in [3.05, 3.63) is 29.3 Å². The maximum Gasteiger partial charge on any atom is 0.260 e. The van der Waals surface area contributed by atoms with Crippen LogP contribution in [0.3, 0.4) is 0 Å². The molecule has 1 spiro atoms. The number of carbonyl (C=O) groups excluding carboxylic acids is 1. The molecule has 0 radical (unpaired) electrons. The number of hydrogen-bond donors (Lipinski definition) is 1. The maximum absolute atomic E-state index is 12.3. The summed E-state index contributed by atoms with van der Waals surface area (Å²) in [5, 5.41) is 4.04. The van der Waals surface area contributed by atoms with Crippen LogP contribution in [0.25, 0.3) is 0 Å². The summed E-state index contributed by atoms with van der Waals surface area (Å²) in [6.45, 7) is 4.04. The molecular weight excluding hydrogens is 300 g/mol. The number of rotatable bonds is 3. The average molecular weight is 323 g/mol. The Kier molecular flexibility index (Phi) is 4.89. The summed E-state index contributed by atoms with van der Waals surface area (Å²) >= 11 is 5.91. The van der Waals surface area contributed by atoms with Crippen LogP contribution in [0, 0.1) is 5.41 Å². The zero-order valence-electron chi connectivity index (χ0n) is 12.8. The molecule has 0 saturated carbocycles. The van der Waals surface area contributed by atoms with E-state index in [0.717, 1.165) is 39.0 Å². The minimum atomic E-state index is 0.0729. The van der Waals surface area contributed by atoms with Crippen LogP contribution in [0.15, 0.2) is 24.3 Å². The second-order valence-electron chi connectivity index (χ2n) is 6.38. The first-order valence-electron chi connectivity index (χ1n) is 8.04. The highest BCUT2D eigenvalue weighted by Crippen LogP contribution is 2.39. The Labute approximate surface area is 136 Å². The van der Waals surface area contributed by atoms with Crippen molar-refractivity contribution in [1.29, 1.82) is 0 Å². The topological polar surface area (TPSA) is 41.6 Å². The van der Waals surface area contributed by atoms with E-state index in [-0.39, 0.29) is 12.5 Å². The van der Waals surface area contributed by atoms with Gasteiger partial charge in [0, 0.05) is 18.1 Å². The number of hydrogen-bond acceptors (Lipinski definition) is 3. The van der Waals surface area contributed by atoms with Crippen LogP contribution in [-0.4, -0.2) is 43.6 Å². The van der Waals surface area contributed by atoms with E-state index >= 15 is 0 Å². The van der Waals surface area contributed by atoms with Crippen LogP contribution in [0.4, 0.5) is 0 Å². The number of carbonyl (C=O) groups is 1. The maximum atomic E-state index is 12.3. The molecule has 1 amide bonds. The van der Waals surface area contributed by atoms with Crippen molar-refractivity contribution >= 4 is 17.5 Å². The van der Waals surface area contributed by atoms with Gasteiger partial charge in [-0.1, -0.05) is 17.7 Å². The van der Waals surface area contributed by atoms with Gasteiger partial charge in [0.15, 0.2) is 6.61 Å². The number of nitrogens with zero attached hydrogens (tertiary/aromatic N) is 1. The molecule has 5 heteroatoms. The van der Waals surface area contributed by atoms with Gasteiger partial charge in [0.05, 0.1) is 0 Å². The molecule has 2 fully saturated rings. The van der Waals surface area contributed by atoms with Gasteiger partial charge in [-0.05, 0) is 62.4 Å². The highest BCUT2D eigenvalue weighted by molar-refractivity contribution is 6.30. The van der Waals surface area contributed by atoms with Crippen molar-refractivity contribution in [2.24, 2.45) is 5.41 Å². The summed E-state index contributed by atoms with van der Waals surface area (Å²) in [4.78, 5) is 14.2. The third-order valence-corrected chi connectivity index (χ3v) is 5.23. The lowest BCUT2D eigenvalue weighted by Gasteiger charge is -2.44. The molecule has 4 nitrogen and oxygen atoms in total. The van der Waals surface area contributed by atoms with Crippen LogP contribution >= 0.6 is 11.6 Å². The Hall–Kier alpha value is -1.26. The molecule has 2 saturated heterocycles. The first-order valence-corrected chi connectivity index (χ1v) is 8.42. The summed E-state index contributed by atoms with van der Waals surface area (Å²) < 4.78 is 5.55. The number of nitrogens with one attached hydrogen (secondary N) is 1. The molecule has 3 rings (SSSR count). The molecule has 0 bridgehead atoms. The monoisotopic (exact) mass is 322 g/mol. The first-order chi connectivity index (χ1) is 10.7. The quantitative estimate of drug-likeness (QED) is 0.930. The van der Waals surface area contributed by atoms with E-state index in [0.29, 0.717) is 16.2 Å². The van der Waals surface area contributed by atoms with Gasteiger partial charge in [-0.3, -0.25) is 4.79 Å². The van der Waals surface area contributed by atoms with E-state index in [9.17, 15) is 4.79 Å². The van der Waals surface area contributed by atoms with Gasteiger partial charge in [-0.25, -0.2) is 0 Å².